The first-order valence-electron chi connectivity index (χ1n) is 9.14. The van der Waals surface area contributed by atoms with E-state index in [9.17, 15) is 9.59 Å². The van der Waals surface area contributed by atoms with E-state index in [1.54, 1.807) is 11.3 Å². The van der Waals surface area contributed by atoms with Crippen molar-refractivity contribution in [1.29, 1.82) is 0 Å². The highest BCUT2D eigenvalue weighted by atomic mass is 32.1. The Balaban J connectivity index is 1.36. The van der Waals surface area contributed by atoms with E-state index in [2.05, 4.69) is 17.3 Å². The van der Waals surface area contributed by atoms with E-state index in [1.807, 2.05) is 17.1 Å². The van der Waals surface area contributed by atoms with Gasteiger partial charge in [-0.2, -0.15) is 0 Å². The van der Waals surface area contributed by atoms with Crippen LogP contribution in [0.2, 0.25) is 0 Å². The van der Waals surface area contributed by atoms with Crippen molar-refractivity contribution in [2.45, 2.75) is 44.6 Å². The molecule has 1 aliphatic heterocycles. The predicted molar refractivity (Wildman–Crippen MR) is 99.8 cm³/mol. The second kappa shape index (κ2) is 6.79. The number of hydrogen-bond donors (Lipinski definition) is 1. The van der Waals surface area contributed by atoms with Gasteiger partial charge in [-0.1, -0.05) is 24.3 Å². The summed E-state index contributed by atoms with van der Waals surface area (Å²) in [4.78, 5) is 28.0. The molecule has 4 nitrogen and oxygen atoms in total. The van der Waals surface area contributed by atoms with Gasteiger partial charge in [-0.05, 0) is 55.0 Å². The lowest BCUT2D eigenvalue weighted by molar-refractivity contribution is -0.137. The minimum atomic E-state index is -0.0268. The topological polar surface area (TPSA) is 49.4 Å². The van der Waals surface area contributed by atoms with Gasteiger partial charge in [0, 0.05) is 19.0 Å². The minimum Gasteiger partial charge on any atom is -0.349 e. The Bertz CT molecular complexity index is 741. The SMILES string of the molecule is C=C1CC(C(=O)N2CC=CC2CNC(=O)c2scc3c2CCCC3)C1. The van der Waals surface area contributed by atoms with Crippen molar-refractivity contribution in [2.75, 3.05) is 13.1 Å². The van der Waals surface area contributed by atoms with Crippen LogP contribution in [0.5, 0.6) is 0 Å². The summed E-state index contributed by atoms with van der Waals surface area (Å²) in [6, 6.07) is -0.0268. The third-order valence-corrected chi connectivity index (χ3v) is 6.61. The largest absolute Gasteiger partial charge is 0.349 e. The second-order valence-electron chi connectivity index (χ2n) is 7.33. The van der Waals surface area contributed by atoms with Crippen LogP contribution in [0.4, 0.5) is 0 Å². The molecule has 132 valence electrons. The maximum Gasteiger partial charge on any atom is 0.261 e. The van der Waals surface area contributed by atoms with Crippen molar-refractivity contribution in [3.63, 3.8) is 0 Å². The second-order valence-corrected chi connectivity index (χ2v) is 8.21. The zero-order valence-electron chi connectivity index (χ0n) is 14.4. The Hall–Kier alpha value is -1.88. The monoisotopic (exact) mass is 356 g/mol. The standard InChI is InChI=1S/C20H24N2O2S/c1-13-9-15(10-13)20(24)22-8-4-6-16(22)11-21-19(23)18-17-7-3-2-5-14(17)12-25-18/h4,6,12,15-16H,1-3,5,7-11H2,(H,21,23). The molecule has 1 fully saturated rings. The summed E-state index contributed by atoms with van der Waals surface area (Å²) >= 11 is 1.56. The van der Waals surface area contributed by atoms with Crippen molar-refractivity contribution in [2.24, 2.45) is 5.92 Å². The number of nitrogens with one attached hydrogen (secondary N) is 1. The van der Waals surface area contributed by atoms with Crippen LogP contribution in [-0.4, -0.2) is 35.8 Å². The lowest BCUT2D eigenvalue weighted by atomic mass is 9.80. The number of aryl methyl sites for hydroxylation is 1. The average molecular weight is 356 g/mol. The fourth-order valence-corrected chi connectivity index (χ4v) is 5.11. The van der Waals surface area contributed by atoms with Crippen LogP contribution < -0.4 is 5.32 Å². The van der Waals surface area contributed by atoms with E-state index < -0.39 is 0 Å². The van der Waals surface area contributed by atoms with Crippen LogP contribution in [0, 0.1) is 5.92 Å². The van der Waals surface area contributed by atoms with Gasteiger partial charge in [0.25, 0.3) is 5.91 Å². The molecule has 0 bridgehead atoms. The van der Waals surface area contributed by atoms with Crippen molar-refractivity contribution in [1.82, 2.24) is 10.2 Å². The summed E-state index contributed by atoms with van der Waals surface area (Å²) in [6.07, 6.45) is 10.2. The smallest absolute Gasteiger partial charge is 0.261 e. The number of hydrogen-bond acceptors (Lipinski definition) is 3. The molecule has 3 aliphatic rings. The number of fused-ring (bicyclic) bond motifs is 1. The minimum absolute atomic E-state index is 0.0119. The molecule has 0 radical (unpaired) electrons. The number of allylic oxidation sites excluding steroid dienone is 1. The Morgan fingerprint density at radius 1 is 1.28 bits per heavy atom. The van der Waals surface area contributed by atoms with Crippen LogP contribution in [0.1, 0.15) is 46.5 Å². The third-order valence-electron chi connectivity index (χ3n) is 5.54. The molecule has 1 unspecified atom stereocenters. The molecule has 1 atom stereocenters. The maximum absolute atomic E-state index is 12.6. The number of rotatable bonds is 4. The van der Waals surface area contributed by atoms with Gasteiger partial charge < -0.3 is 10.2 Å². The average Bonchev–Trinajstić information content (AvgIpc) is 3.23. The van der Waals surface area contributed by atoms with Crippen LogP contribution in [0.15, 0.2) is 29.7 Å². The number of nitrogens with zero attached hydrogens (tertiary/aromatic N) is 1. The van der Waals surface area contributed by atoms with Crippen LogP contribution >= 0.6 is 11.3 Å². The molecule has 5 heteroatoms. The number of amides is 2. The first-order valence-corrected chi connectivity index (χ1v) is 10.0. The van der Waals surface area contributed by atoms with Gasteiger partial charge in [0.05, 0.1) is 10.9 Å². The van der Waals surface area contributed by atoms with E-state index in [1.165, 1.54) is 24.0 Å². The normalized spacial score (nSPS) is 22.6. The summed E-state index contributed by atoms with van der Waals surface area (Å²) < 4.78 is 0. The molecule has 2 aliphatic carbocycles. The quantitative estimate of drug-likeness (QED) is 0.843. The van der Waals surface area contributed by atoms with Crippen LogP contribution in [-0.2, 0) is 17.6 Å². The lowest BCUT2D eigenvalue weighted by Crippen LogP contribution is -2.47. The molecule has 0 spiro atoms. The van der Waals surface area contributed by atoms with Gasteiger partial charge in [-0.3, -0.25) is 9.59 Å². The lowest BCUT2D eigenvalue weighted by Gasteiger charge is -2.34. The van der Waals surface area contributed by atoms with Crippen molar-refractivity contribution < 1.29 is 9.59 Å². The van der Waals surface area contributed by atoms with E-state index in [0.29, 0.717) is 13.1 Å². The van der Waals surface area contributed by atoms with Crippen LogP contribution in [0.25, 0.3) is 0 Å². The van der Waals surface area contributed by atoms with Crippen molar-refractivity contribution in [3.8, 4) is 0 Å². The van der Waals surface area contributed by atoms with Crippen molar-refractivity contribution in [3.05, 3.63) is 45.7 Å². The van der Waals surface area contributed by atoms with E-state index in [-0.39, 0.29) is 23.8 Å². The Morgan fingerprint density at radius 2 is 2.08 bits per heavy atom. The van der Waals surface area contributed by atoms with Crippen LogP contribution in [0.3, 0.4) is 0 Å². The summed E-state index contributed by atoms with van der Waals surface area (Å²) in [5.74, 6) is 0.304. The van der Waals surface area contributed by atoms with Gasteiger partial charge in [-0.25, -0.2) is 0 Å². The van der Waals surface area contributed by atoms with Gasteiger partial charge in [0.15, 0.2) is 0 Å². The number of carbonyl (C=O) groups is 2. The van der Waals surface area contributed by atoms with Crippen molar-refractivity contribution >= 4 is 23.2 Å². The summed E-state index contributed by atoms with van der Waals surface area (Å²) in [7, 11) is 0. The molecule has 25 heavy (non-hydrogen) atoms. The molecule has 4 rings (SSSR count). The molecular weight excluding hydrogens is 332 g/mol. The maximum atomic E-state index is 12.6. The number of carbonyl (C=O) groups excluding carboxylic acids is 2. The fourth-order valence-electron chi connectivity index (χ4n) is 4.04. The summed E-state index contributed by atoms with van der Waals surface area (Å²) in [5, 5.41) is 5.19. The number of thiophene rings is 1. The van der Waals surface area contributed by atoms with Gasteiger partial charge in [0.2, 0.25) is 5.91 Å². The molecule has 2 heterocycles. The predicted octanol–water partition coefficient (Wildman–Crippen LogP) is 3.09. The molecule has 0 aromatic carbocycles. The Labute approximate surface area is 152 Å². The van der Waals surface area contributed by atoms with Gasteiger partial charge in [-0.15, -0.1) is 11.3 Å². The molecule has 1 aromatic heterocycles. The van der Waals surface area contributed by atoms with E-state index in [0.717, 1.165) is 36.1 Å². The highest BCUT2D eigenvalue weighted by molar-refractivity contribution is 7.12. The molecule has 1 N–H and O–H groups in total. The molecule has 2 amide bonds. The zero-order chi connectivity index (χ0) is 17.4. The van der Waals surface area contributed by atoms with E-state index >= 15 is 0 Å². The summed E-state index contributed by atoms with van der Waals surface area (Å²) in [5.41, 5.74) is 3.76. The summed E-state index contributed by atoms with van der Waals surface area (Å²) in [6.45, 7) is 5.06. The molecule has 1 saturated carbocycles. The first-order chi connectivity index (χ1) is 12.1. The highest BCUT2D eigenvalue weighted by Crippen LogP contribution is 2.34. The van der Waals surface area contributed by atoms with Gasteiger partial charge >= 0.3 is 0 Å². The highest BCUT2D eigenvalue weighted by Gasteiger charge is 2.35. The third kappa shape index (κ3) is 3.17. The molecule has 1 aromatic rings. The Kier molecular flexibility index (Phi) is 4.50. The Morgan fingerprint density at radius 3 is 2.88 bits per heavy atom. The molecule has 0 saturated heterocycles. The molecular formula is C20H24N2O2S. The zero-order valence-corrected chi connectivity index (χ0v) is 15.2. The van der Waals surface area contributed by atoms with E-state index in [4.69, 9.17) is 0 Å². The fraction of sp³-hybridized carbons (Fsp3) is 0.500. The van der Waals surface area contributed by atoms with Gasteiger partial charge in [0.1, 0.15) is 0 Å². The first kappa shape index (κ1) is 16.6.